The first kappa shape index (κ1) is 14.3. The van der Waals surface area contributed by atoms with Crippen molar-refractivity contribution in [1.82, 2.24) is 5.32 Å². The van der Waals surface area contributed by atoms with Crippen molar-refractivity contribution >= 4 is 21.8 Å². The fourth-order valence-electron chi connectivity index (χ4n) is 2.89. The summed E-state index contributed by atoms with van der Waals surface area (Å²) in [6.07, 6.45) is 2.95. The lowest BCUT2D eigenvalue weighted by atomic mass is 10.0. The first-order valence-corrected chi connectivity index (χ1v) is 8.47. The van der Waals surface area contributed by atoms with Gasteiger partial charge in [0.15, 0.2) is 0 Å². The fraction of sp³-hybridized carbons (Fsp3) is 0.278. The molecular weight excluding hydrogens is 326 g/mol. The number of hydrogen-bond acceptors (Lipinski definition) is 1. The van der Waals surface area contributed by atoms with Crippen LogP contribution in [0.1, 0.15) is 34.3 Å². The van der Waals surface area contributed by atoms with Crippen LogP contribution in [0.5, 0.6) is 0 Å². The van der Waals surface area contributed by atoms with E-state index in [4.69, 9.17) is 0 Å². The van der Waals surface area contributed by atoms with Gasteiger partial charge in [0, 0.05) is 17.4 Å². The molecule has 21 heavy (non-hydrogen) atoms. The number of rotatable bonds is 5. The molecule has 0 spiro atoms. The van der Waals surface area contributed by atoms with E-state index in [2.05, 4.69) is 51.6 Å². The second kappa shape index (κ2) is 6.44. The van der Waals surface area contributed by atoms with Crippen molar-refractivity contribution in [1.29, 1.82) is 0 Å². The molecule has 108 valence electrons. The molecule has 1 aliphatic rings. The van der Waals surface area contributed by atoms with E-state index in [1.54, 1.807) is 0 Å². The van der Waals surface area contributed by atoms with Crippen LogP contribution in [0.2, 0.25) is 0 Å². The van der Waals surface area contributed by atoms with E-state index in [0.717, 1.165) is 42.3 Å². The Hall–Kier alpha value is -1.61. The molecule has 0 aliphatic heterocycles. The van der Waals surface area contributed by atoms with Gasteiger partial charge in [-0.15, -0.1) is 0 Å². The highest BCUT2D eigenvalue weighted by atomic mass is 79.9. The molecule has 0 fully saturated rings. The van der Waals surface area contributed by atoms with Crippen molar-refractivity contribution in [2.24, 2.45) is 0 Å². The summed E-state index contributed by atoms with van der Waals surface area (Å²) in [6.45, 7) is 0.737. The second-order valence-corrected chi connectivity index (χ2v) is 6.11. The highest BCUT2D eigenvalue weighted by molar-refractivity contribution is 9.09. The molecule has 0 aromatic heterocycles. The first-order valence-electron chi connectivity index (χ1n) is 7.35. The molecule has 0 heterocycles. The highest BCUT2D eigenvalue weighted by Gasteiger charge is 2.22. The van der Waals surface area contributed by atoms with E-state index in [-0.39, 0.29) is 5.91 Å². The van der Waals surface area contributed by atoms with Crippen molar-refractivity contribution in [3.63, 3.8) is 0 Å². The zero-order valence-corrected chi connectivity index (χ0v) is 13.4. The number of carbonyl (C=O) groups is 1. The highest BCUT2D eigenvalue weighted by Crippen LogP contribution is 2.37. The summed E-state index contributed by atoms with van der Waals surface area (Å²) in [6, 6.07) is 14.4. The number of halogens is 1. The maximum absolute atomic E-state index is 12.4. The van der Waals surface area contributed by atoms with Crippen LogP contribution in [-0.2, 0) is 6.42 Å². The van der Waals surface area contributed by atoms with Gasteiger partial charge in [-0.1, -0.05) is 52.3 Å². The van der Waals surface area contributed by atoms with Crippen LogP contribution in [0.3, 0.4) is 0 Å². The third kappa shape index (κ3) is 2.88. The van der Waals surface area contributed by atoms with Crippen LogP contribution in [0, 0.1) is 0 Å². The van der Waals surface area contributed by atoms with Crippen molar-refractivity contribution < 1.29 is 4.79 Å². The number of hydrogen-bond donors (Lipinski definition) is 1. The smallest absolute Gasteiger partial charge is 0.251 e. The van der Waals surface area contributed by atoms with Crippen LogP contribution in [0.15, 0.2) is 42.5 Å². The van der Waals surface area contributed by atoms with E-state index in [1.807, 2.05) is 12.1 Å². The number of alkyl halides is 1. The van der Waals surface area contributed by atoms with Crippen LogP contribution >= 0.6 is 15.9 Å². The van der Waals surface area contributed by atoms with Gasteiger partial charge in [0.25, 0.3) is 5.91 Å². The Kier molecular flexibility index (Phi) is 4.39. The van der Waals surface area contributed by atoms with Gasteiger partial charge in [0.1, 0.15) is 0 Å². The average Bonchev–Trinajstić information content (AvgIpc) is 2.90. The van der Waals surface area contributed by atoms with Crippen molar-refractivity contribution in [3.8, 4) is 11.1 Å². The van der Waals surface area contributed by atoms with Crippen molar-refractivity contribution in [2.45, 2.75) is 19.3 Å². The van der Waals surface area contributed by atoms with Gasteiger partial charge in [0.05, 0.1) is 0 Å². The summed E-state index contributed by atoms with van der Waals surface area (Å²) in [5, 5.41) is 4.02. The van der Waals surface area contributed by atoms with Gasteiger partial charge in [-0.2, -0.15) is 0 Å². The van der Waals surface area contributed by atoms with Crippen LogP contribution in [0.4, 0.5) is 0 Å². The number of fused-ring (bicyclic) bond motifs is 3. The molecule has 0 atom stereocenters. The Labute approximate surface area is 133 Å². The van der Waals surface area contributed by atoms with Crippen molar-refractivity contribution in [3.05, 3.63) is 59.2 Å². The van der Waals surface area contributed by atoms with E-state index in [9.17, 15) is 4.79 Å². The molecule has 1 amide bonds. The Morgan fingerprint density at radius 2 is 1.86 bits per heavy atom. The minimum absolute atomic E-state index is 0.0502. The lowest BCUT2D eigenvalue weighted by Gasteiger charge is -2.09. The molecule has 0 unspecified atom stereocenters. The monoisotopic (exact) mass is 343 g/mol. The van der Waals surface area contributed by atoms with Crippen molar-refractivity contribution in [2.75, 3.05) is 11.9 Å². The summed E-state index contributed by atoms with van der Waals surface area (Å²) in [5.41, 5.74) is 5.77. The third-order valence-electron chi connectivity index (χ3n) is 3.94. The number of nitrogens with one attached hydrogen (secondary N) is 1. The Bertz CT molecular complexity index is 666. The van der Waals surface area contributed by atoms with Crippen LogP contribution in [-0.4, -0.2) is 17.8 Å². The summed E-state index contributed by atoms with van der Waals surface area (Å²) in [4.78, 5) is 12.4. The number of amides is 1. The molecule has 0 saturated carbocycles. The average molecular weight is 344 g/mol. The third-order valence-corrected chi connectivity index (χ3v) is 4.50. The maximum atomic E-state index is 12.4. The SMILES string of the molecule is O=C(NCCCCBr)c1cccc2c1Cc1ccccc1-2. The fourth-order valence-corrected chi connectivity index (χ4v) is 3.28. The summed E-state index contributed by atoms with van der Waals surface area (Å²) >= 11 is 3.41. The maximum Gasteiger partial charge on any atom is 0.251 e. The van der Waals surface area contributed by atoms with Crippen LogP contribution < -0.4 is 5.32 Å². The van der Waals surface area contributed by atoms with Crippen LogP contribution in [0.25, 0.3) is 11.1 Å². The molecule has 2 aromatic rings. The second-order valence-electron chi connectivity index (χ2n) is 5.32. The molecule has 0 radical (unpaired) electrons. The Morgan fingerprint density at radius 3 is 2.71 bits per heavy atom. The normalized spacial score (nSPS) is 11.9. The van der Waals surface area contributed by atoms with E-state index in [1.165, 1.54) is 16.7 Å². The molecule has 2 aromatic carbocycles. The molecule has 0 bridgehead atoms. The zero-order valence-electron chi connectivity index (χ0n) is 11.9. The lowest BCUT2D eigenvalue weighted by molar-refractivity contribution is 0.0952. The Balaban J connectivity index is 1.81. The van der Waals surface area contributed by atoms with Gasteiger partial charge in [-0.05, 0) is 47.6 Å². The first-order chi connectivity index (χ1) is 10.3. The largest absolute Gasteiger partial charge is 0.352 e. The summed E-state index contributed by atoms with van der Waals surface area (Å²) < 4.78 is 0. The lowest BCUT2D eigenvalue weighted by Crippen LogP contribution is -2.25. The standard InChI is InChI=1S/C18H18BrNO/c19-10-3-4-11-20-18(21)16-9-5-8-15-14-7-2-1-6-13(14)12-17(15)16/h1-2,5-9H,3-4,10-12H2,(H,20,21). The molecule has 2 nitrogen and oxygen atoms in total. The number of unbranched alkanes of at least 4 members (excludes halogenated alkanes) is 1. The minimum atomic E-state index is 0.0502. The zero-order chi connectivity index (χ0) is 14.7. The molecular formula is C18H18BrNO. The molecule has 3 rings (SSSR count). The summed E-state index contributed by atoms with van der Waals surface area (Å²) in [7, 11) is 0. The predicted octanol–water partition coefficient (Wildman–Crippen LogP) is 4.16. The molecule has 1 N–H and O–H groups in total. The van der Waals surface area contributed by atoms with Gasteiger partial charge >= 0.3 is 0 Å². The topological polar surface area (TPSA) is 29.1 Å². The molecule has 1 aliphatic carbocycles. The quantitative estimate of drug-likeness (QED) is 0.546. The van der Waals surface area contributed by atoms with E-state index >= 15 is 0 Å². The Morgan fingerprint density at radius 1 is 1.05 bits per heavy atom. The minimum Gasteiger partial charge on any atom is -0.352 e. The molecule has 3 heteroatoms. The van der Waals surface area contributed by atoms with Gasteiger partial charge in [-0.3, -0.25) is 4.79 Å². The van der Waals surface area contributed by atoms with Gasteiger partial charge in [0.2, 0.25) is 0 Å². The predicted molar refractivity (Wildman–Crippen MR) is 90.0 cm³/mol. The molecule has 0 saturated heterocycles. The number of carbonyl (C=O) groups excluding carboxylic acids is 1. The van der Waals surface area contributed by atoms with Gasteiger partial charge < -0.3 is 5.32 Å². The van der Waals surface area contributed by atoms with Gasteiger partial charge in [-0.25, -0.2) is 0 Å². The summed E-state index contributed by atoms with van der Waals surface area (Å²) in [5.74, 6) is 0.0502. The number of benzene rings is 2. The van der Waals surface area contributed by atoms with E-state index in [0.29, 0.717) is 0 Å². The van der Waals surface area contributed by atoms with E-state index < -0.39 is 0 Å².